The van der Waals surface area contributed by atoms with E-state index < -0.39 is 17.9 Å². The first-order valence-corrected chi connectivity index (χ1v) is 9.07. The molecule has 0 aliphatic rings. The van der Waals surface area contributed by atoms with E-state index in [2.05, 4.69) is 17.2 Å². The first kappa shape index (κ1) is 20.1. The Bertz CT molecular complexity index is 500. The summed E-state index contributed by atoms with van der Waals surface area (Å²) in [5.74, 6) is -1.42. The van der Waals surface area contributed by atoms with E-state index in [1.165, 1.54) is 25.7 Å². The number of nitrogens with one attached hydrogen (secondary N) is 1. The summed E-state index contributed by atoms with van der Waals surface area (Å²) in [6, 6.07) is 2.73. The zero-order valence-corrected chi connectivity index (χ0v) is 14.9. The van der Waals surface area contributed by atoms with Crippen molar-refractivity contribution < 1.29 is 14.7 Å². The van der Waals surface area contributed by atoms with E-state index in [1.807, 2.05) is 13.0 Å². The first-order valence-electron chi connectivity index (χ1n) is 9.07. The Morgan fingerprint density at radius 2 is 1.79 bits per heavy atom. The van der Waals surface area contributed by atoms with Crippen LogP contribution >= 0.6 is 0 Å². The van der Waals surface area contributed by atoms with E-state index >= 15 is 0 Å². The molecule has 1 amide bonds. The van der Waals surface area contributed by atoms with E-state index in [1.54, 1.807) is 12.3 Å². The number of nitrogens with zero attached hydrogens (tertiary/aromatic N) is 1. The van der Waals surface area contributed by atoms with E-state index in [0.717, 1.165) is 31.2 Å². The highest BCUT2D eigenvalue weighted by Gasteiger charge is 2.20. The van der Waals surface area contributed by atoms with Crippen molar-refractivity contribution >= 4 is 11.9 Å². The van der Waals surface area contributed by atoms with Crippen molar-refractivity contribution in [2.75, 3.05) is 0 Å². The summed E-state index contributed by atoms with van der Waals surface area (Å²) in [4.78, 5) is 27.5. The number of aliphatic carboxylic acids is 1. The van der Waals surface area contributed by atoms with Gasteiger partial charge in [-0.2, -0.15) is 0 Å². The van der Waals surface area contributed by atoms with Crippen LogP contribution in [0.15, 0.2) is 18.3 Å². The zero-order chi connectivity index (χ0) is 17.8. The zero-order valence-electron chi connectivity index (χ0n) is 14.9. The quantitative estimate of drug-likeness (QED) is 0.567. The fourth-order valence-electron chi connectivity index (χ4n) is 2.54. The van der Waals surface area contributed by atoms with Gasteiger partial charge in [-0.1, -0.05) is 58.4 Å². The number of carboxylic acids is 1. The minimum absolute atomic E-state index is 0.271. The number of hydrogen-bond donors (Lipinski definition) is 2. The number of aryl methyl sites for hydroxylation is 1. The third kappa shape index (κ3) is 7.57. The largest absolute Gasteiger partial charge is 0.480 e. The maximum absolute atomic E-state index is 12.1. The molecule has 0 fully saturated rings. The third-order valence-corrected chi connectivity index (χ3v) is 4.08. The molecule has 5 heteroatoms. The predicted molar refractivity (Wildman–Crippen MR) is 95.1 cm³/mol. The maximum atomic E-state index is 12.1. The van der Waals surface area contributed by atoms with Gasteiger partial charge in [0.15, 0.2) is 0 Å². The van der Waals surface area contributed by atoms with Gasteiger partial charge in [0.05, 0.1) is 0 Å². The fourth-order valence-corrected chi connectivity index (χ4v) is 2.54. The van der Waals surface area contributed by atoms with Crippen molar-refractivity contribution in [2.24, 2.45) is 0 Å². The van der Waals surface area contributed by atoms with Crippen molar-refractivity contribution in [3.8, 4) is 0 Å². The number of rotatable bonds is 12. The molecule has 1 unspecified atom stereocenters. The summed E-state index contributed by atoms with van der Waals surface area (Å²) in [5.41, 5.74) is 1.39. The van der Waals surface area contributed by atoms with Gasteiger partial charge >= 0.3 is 5.97 Å². The number of carbonyl (C=O) groups excluding carboxylic acids is 1. The van der Waals surface area contributed by atoms with Crippen LogP contribution in [-0.2, 0) is 11.2 Å². The molecule has 0 saturated heterocycles. The molecule has 0 spiro atoms. The van der Waals surface area contributed by atoms with Crippen molar-refractivity contribution in [2.45, 2.75) is 77.7 Å². The second-order valence-corrected chi connectivity index (χ2v) is 6.22. The van der Waals surface area contributed by atoms with Gasteiger partial charge < -0.3 is 10.4 Å². The van der Waals surface area contributed by atoms with E-state index in [4.69, 9.17) is 5.11 Å². The summed E-state index contributed by atoms with van der Waals surface area (Å²) in [6.45, 7) is 4.19. The number of unbranched alkanes of at least 4 members (excludes halogenated alkanes) is 5. The number of pyridine rings is 1. The Morgan fingerprint density at radius 3 is 2.38 bits per heavy atom. The molecule has 134 valence electrons. The lowest BCUT2D eigenvalue weighted by Crippen LogP contribution is -2.41. The third-order valence-electron chi connectivity index (χ3n) is 4.08. The van der Waals surface area contributed by atoms with Crippen LogP contribution in [0.5, 0.6) is 0 Å². The smallest absolute Gasteiger partial charge is 0.326 e. The van der Waals surface area contributed by atoms with Crippen LogP contribution in [0.3, 0.4) is 0 Å². The molecule has 0 aliphatic carbocycles. The molecular weight excluding hydrogens is 304 g/mol. The van der Waals surface area contributed by atoms with Gasteiger partial charge in [0, 0.05) is 6.20 Å². The highest BCUT2D eigenvalue weighted by Crippen LogP contribution is 2.09. The van der Waals surface area contributed by atoms with E-state index in [0.29, 0.717) is 6.42 Å². The standard InChI is InChI=1S/C19H30N2O3/c1-3-5-7-8-9-10-15-12-13-16(20-14-15)18(22)21-17(19(23)24)11-6-4-2/h12-14,17H,3-11H2,1-2H3,(H,21,22)(H,23,24). The van der Waals surface area contributed by atoms with Crippen molar-refractivity contribution in [1.29, 1.82) is 0 Å². The average molecular weight is 334 g/mol. The van der Waals surface area contributed by atoms with Gasteiger partial charge in [-0.05, 0) is 30.9 Å². The van der Waals surface area contributed by atoms with E-state index in [9.17, 15) is 9.59 Å². The maximum Gasteiger partial charge on any atom is 0.326 e. The topological polar surface area (TPSA) is 79.3 Å². The van der Waals surface area contributed by atoms with Gasteiger partial charge in [-0.3, -0.25) is 9.78 Å². The monoisotopic (exact) mass is 334 g/mol. The molecule has 1 aromatic rings. The van der Waals surface area contributed by atoms with Gasteiger partial charge in [-0.25, -0.2) is 4.79 Å². The SMILES string of the molecule is CCCCCCCc1ccc(C(=O)NC(CCCC)C(=O)O)nc1. The van der Waals surface area contributed by atoms with Crippen LogP contribution in [0.25, 0.3) is 0 Å². The molecule has 0 aliphatic heterocycles. The molecule has 1 atom stereocenters. The molecule has 5 nitrogen and oxygen atoms in total. The number of carboxylic acid groups (broad SMARTS) is 1. The molecule has 1 aromatic heterocycles. The summed E-state index contributed by atoms with van der Waals surface area (Å²) in [7, 11) is 0. The van der Waals surface area contributed by atoms with Gasteiger partial charge in [0.1, 0.15) is 11.7 Å². The van der Waals surface area contributed by atoms with Crippen LogP contribution < -0.4 is 5.32 Å². The number of aromatic nitrogens is 1. The minimum atomic E-state index is -1.000. The Labute approximate surface area is 144 Å². The summed E-state index contributed by atoms with van der Waals surface area (Å²) in [6.07, 6.45) is 10.9. The summed E-state index contributed by atoms with van der Waals surface area (Å²) < 4.78 is 0. The Morgan fingerprint density at radius 1 is 1.08 bits per heavy atom. The van der Waals surface area contributed by atoms with Crippen LogP contribution in [0.4, 0.5) is 0 Å². The van der Waals surface area contributed by atoms with Gasteiger partial charge in [-0.15, -0.1) is 0 Å². The highest BCUT2D eigenvalue weighted by atomic mass is 16.4. The highest BCUT2D eigenvalue weighted by molar-refractivity contribution is 5.94. The molecule has 24 heavy (non-hydrogen) atoms. The molecule has 0 bridgehead atoms. The molecule has 1 rings (SSSR count). The Hall–Kier alpha value is -1.91. The second-order valence-electron chi connectivity index (χ2n) is 6.22. The number of hydrogen-bond acceptors (Lipinski definition) is 3. The lowest BCUT2D eigenvalue weighted by molar-refractivity contribution is -0.139. The Balaban J connectivity index is 2.48. The van der Waals surface area contributed by atoms with Crippen molar-refractivity contribution in [1.82, 2.24) is 10.3 Å². The molecule has 0 radical (unpaired) electrons. The minimum Gasteiger partial charge on any atom is -0.480 e. The molecule has 0 aromatic carbocycles. The fraction of sp³-hybridized carbons (Fsp3) is 0.632. The van der Waals surface area contributed by atoms with Crippen LogP contribution in [0.1, 0.15) is 81.3 Å². The molecule has 1 heterocycles. The van der Waals surface area contributed by atoms with Crippen LogP contribution in [0.2, 0.25) is 0 Å². The molecule has 2 N–H and O–H groups in total. The summed E-state index contributed by atoms with van der Waals surface area (Å²) >= 11 is 0. The van der Waals surface area contributed by atoms with Crippen molar-refractivity contribution in [3.63, 3.8) is 0 Å². The van der Waals surface area contributed by atoms with Crippen molar-refractivity contribution in [3.05, 3.63) is 29.6 Å². The number of carbonyl (C=O) groups is 2. The van der Waals surface area contributed by atoms with E-state index in [-0.39, 0.29) is 5.69 Å². The first-order chi connectivity index (χ1) is 11.6. The lowest BCUT2D eigenvalue weighted by Gasteiger charge is -2.13. The lowest BCUT2D eigenvalue weighted by atomic mass is 10.1. The van der Waals surface area contributed by atoms with Crippen LogP contribution in [-0.4, -0.2) is 28.0 Å². The van der Waals surface area contributed by atoms with Gasteiger partial charge in [0.2, 0.25) is 0 Å². The van der Waals surface area contributed by atoms with Gasteiger partial charge in [0.25, 0.3) is 5.91 Å². The average Bonchev–Trinajstić information content (AvgIpc) is 2.58. The predicted octanol–water partition coefficient (Wildman–Crippen LogP) is 3.97. The number of amides is 1. The second kappa shape index (κ2) is 11.6. The summed E-state index contributed by atoms with van der Waals surface area (Å²) in [5, 5.41) is 11.7. The normalized spacial score (nSPS) is 11.9. The molecule has 0 saturated carbocycles. The van der Waals surface area contributed by atoms with Crippen LogP contribution in [0, 0.1) is 0 Å². The molecular formula is C19H30N2O3. The Kier molecular flexibility index (Phi) is 9.73.